The van der Waals surface area contributed by atoms with Gasteiger partial charge in [0.25, 0.3) is 5.91 Å². The van der Waals surface area contributed by atoms with Gasteiger partial charge in [0, 0.05) is 0 Å². The van der Waals surface area contributed by atoms with Crippen LogP contribution >= 0.6 is 34.5 Å². The molecule has 1 amide bonds. The van der Waals surface area contributed by atoms with E-state index in [9.17, 15) is 4.79 Å². The summed E-state index contributed by atoms with van der Waals surface area (Å²) in [6.45, 7) is 0.955. The van der Waals surface area contributed by atoms with Gasteiger partial charge in [-0.2, -0.15) is 0 Å². The van der Waals surface area contributed by atoms with Crippen LogP contribution in [0, 0.1) is 0 Å². The SMILES string of the molecule is O=C(NC1COCC1Cl)c1ccc(Cl)s1. The second-order valence-corrected chi connectivity index (χ2v) is 5.51. The van der Waals surface area contributed by atoms with Crippen LogP contribution in [0.25, 0.3) is 0 Å². The van der Waals surface area contributed by atoms with Crippen LogP contribution in [0.4, 0.5) is 0 Å². The normalized spacial score (nSPS) is 25.5. The highest BCUT2D eigenvalue weighted by atomic mass is 35.5. The lowest BCUT2D eigenvalue weighted by Crippen LogP contribution is -2.40. The predicted molar refractivity (Wildman–Crippen MR) is 61.0 cm³/mol. The molecule has 1 aliphatic rings. The number of carbonyl (C=O) groups excluding carboxylic acids is 1. The smallest absolute Gasteiger partial charge is 0.261 e. The molecule has 2 atom stereocenters. The van der Waals surface area contributed by atoms with Gasteiger partial charge in [0.1, 0.15) is 0 Å². The zero-order valence-corrected chi connectivity index (χ0v) is 10.0. The molecule has 1 saturated heterocycles. The van der Waals surface area contributed by atoms with E-state index in [0.29, 0.717) is 22.4 Å². The fraction of sp³-hybridized carbons (Fsp3) is 0.444. The summed E-state index contributed by atoms with van der Waals surface area (Å²) in [4.78, 5) is 12.3. The first-order valence-corrected chi connectivity index (χ1v) is 6.08. The van der Waals surface area contributed by atoms with Crippen molar-refractivity contribution in [2.24, 2.45) is 0 Å². The Hall–Kier alpha value is -0.290. The van der Waals surface area contributed by atoms with Crippen LogP contribution in [0.5, 0.6) is 0 Å². The molecular weight excluding hydrogens is 257 g/mol. The van der Waals surface area contributed by atoms with Gasteiger partial charge in [0.15, 0.2) is 0 Å². The first kappa shape index (κ1) is 11.2. The van der Waals surface area contributed by atoms with Crippen LogP contribution in [0.2, 0.25) is 4.34 Å². The molecule has 1 fully saturated rings. The molecule has 1 aromatic heterocycles. The molecule has 6 heteroatoms. The molecule has 3 nitrogen and oxygen atoms in total. The van der Waals surface area contributed by atoms with Crippen LogP contribution in [0.1, 0.15) is 9.67 Å². The van der Waals surface area contributed by atoms with Crippen molar-refractivity contribution in [3.63, 3.8) is 0 Å². The molecule has 82 valence electrons. The number of thiophene rings is 1. The van der Waals surface area contributed by atoms with E-state index in [-0.39, 0.29) is 17.3 Å². The summed E-state index contributed by atoms with van der Waals surface area (Å²) >= 11 is 12.9. The van der Waals surface area contributed by atoms with Crippen LogP contribution in [0.3, 0.4) is 0 Å². The van der Waals surface area contributed by atoms with Gasteiger partial charge < -0.3 is 10.1 Å². The average molecular weight is 266 g/mol. The molecule has 15 heavy (non-hydrogen) atoms. The van der Waals surface area contributed by atoms with Crippen LogP contribution in [-0.2, 0) is 4.74 Å². The number of amides is 1. The molecule has 1 N–H and O–H groups in total. The molecule has 2 unspecified atom stereocenters. The van der Waals surface area contributed by atoms with Crippen LogP contribution in [-0.4, -0.2) is 30.5 Å². The number of ether oxygens (including phenoxy) is 1. The fourth-order valence-corrected chi connectivity index (χ4v) is 2.51. The molecule has 2 heterocycles. The lowest BCUT2D eigenvalue weighted by molar-refractivity contribution is 0.0934. The Morgan fingerprint density at radius 1 is 1.53 bits per heavy atom. The van der Waals surface area contributed by atoms with Gasteiger partial charge in [-0.25, -0.2) is 0 Å². The summed E-state index contributed by atoms with van der Waals surface area (Å²) in [7, 11) is 0. The molecular formula is C9H9Cl2NO2S. The zero-order chi connectivity index (χ0) is 10.8. The molecule has 2 rings (SSSR count). The quantitative estimate of drug-likeness (QED) is 0.833. The summed E-state index contributed by atoms with van der Waals surface area (Å²) in [5.41, 5.74) is 0. The highest BCUT2D eigenvalue weighted by molar-refractivity contribution is 7.17. The third-order valence-electron chi connectivity index (χ3n) is 2.12. The number of carbonyl (C=O) groups is 1. The second kappa shape index (κ2) is 4.70. The van der Waals surface area contributed by atoms with Gasteiger partial charge in [-0.05, 0) is 12.1 Å². The van der Waals surface area contributed by atoms with Gasteiger partial charge in [0.05, 0.1) is 33.8 Å². The lowest BCUT2D eigenvalue weighted by Gasteiger charge is -2.12. The third kappa shape index (κ3) is 2.64. The van der Waals surface area contributed by atoms with Gasteiger partial charge in [-0.1, -0.05) is 11.6 Å². The monoisotopic (exact) mass is 265 g/mol. The van der Waals surface area contributed by atoms with E-state index >= 15 is 0 Å². The van der Waals surface area contributed by atoms with Gasteiger partial charge >= 0.3 is 0 Å². The summed E-state index contributed by atoms with van der Waals surface area (Å²) in [5, 5.41) is 2.67. The summed E-state index contributed by atoms with van der Waals surface area (Å²) < 4.78 is 5.74. The Balaban J connectivity index is 1.97. The first-order chi connectivity index (χ1) is 7.16. The molecule has 0 aliphatic carbocycles. The minimum absolute atomic E-state index is 0.111. The van der Waals surface area contributed by atoms with E-state index in [1.807, 2.05) is 0 Å². The summed E-state index contributed by atoms with van der Waals surface area (Å²) in [6, 6.07) is 3.28. The molecule has 1 aliphatic heterocycles. The molecule has 0 radical (unpaired) electrons. The summed E-state index contributed by atoms with van der Waals surface area (Å²) in [6.07, 6.45) is 0. The molecule has 0 aromatic carbocycles. The van der Waals surface area contributed by atoms with Crippen molar-refractivity contribution in [2.45, 2.75) is 11.4 Å². The van der Waals surface area contributed by atoms with Crippen molar-refractivity contribution in [3.8, 4) is 0 Å². The Labute approximate surface area is 101 Å². The van der Waals surface area contributed by atoms with E-state index in [4.69, 9.17) is 27.9 Å². The Morgan fingerprint density at radius 3 is 2.87 bits per heavy atom. The topological polar surface area (TPSA) is 38.3 Å². The second-order valence-electron chi connectivity index (χ2n) is 3.24. The Kier molecular flexibility index (Phi) is 3.51. The van der Waals surface area contributed by atoms with E-state index in [1.54, 1.807) is 12.1 Å². The van der Waals surface area contributed by atoms with E-state index in [0.717, 1.165) is 0 Å². The van der Waals surface area contributed by atoms with Crippen molar-refractivity contribution in [1.82, 2.24) is 5.32 Å². The minimum atomic E-state index is -0.149. The van der Waals surface area contributed by atoms with Crippen molar-refractivity contribution in [2.75, 3.05) is 13.2 Å². The first-order valence-electron chi connectivity index (χ1n) is 4.45. The molecule has 0 bridgehead atoms. The van der Waals surface area contributed by atoms with Crippen LogP contribution < -0.4 is 5.32 Å². The number of halogens is 2. The largest absolute Gasteiger partial charge is 0.378 e. The number of hydrogen-bond donors (Lipinski definition) is 1. The van der Waals surface area contributed by atoms with Crippen molar-refractivity contribution in [1.29, 1.82) is 0 Å². The van der Waals surface area contributed by atoms with Crippen molar-refractivity contribution >= 4 is 40.4 Å². The maximum Gasteiger partial charge on any atom is 0.261 e. The standard InChI is InChI=1S/C9H9Cl2NO2S/c10-5-3-14-4-6(5)12-9(13)7-1-2-8(11)15-7/h1-2,5-6H,3-4H2,(H,12,13). The van der Waals surface area contributed by atoms with Crippen LogP contribution in [0.15, 0.2) is 12.1 Å². The fourth-order valence-electron chi connectivity index (χ4n) is 1.34. The van der Waals surface area contributed by atoms with E-state index < -0.39 is 0 Å². The van der Waals surface area contributed by atoms with Crippen molar-refractivity contribution in [3.05, 3.63) is 21.3 Å². The third-order valence-corrected chi connectivity index (χ3v) is 3.78. The average Bonchev–Trinajstić information content (AvgIpc) is 2.77. The number of nitrogens with one attached hydrogen (secondary N) is 1. The summed E-state index contributed by atoms with van der Waals surface area (Å²) in [5.74, 6) is -0.145. The minimum Gasteiger partial charge on any atom is -0.378 e. The van der Waals surface area contributed by atoms with E-state index in [2.05, 4.69) is 5.32 Å². The lowest BCUT2D eigenvalue weighted by atomic mass is 10.2. The van der Waals surface area contributed by atoms with Crippen molar-refractivity contribution < 1.29 is 9.53 Å². The zero-order valence-electron chi connectivity index (χ0n) is 7.70. The highest BCUT2D eigenvalue weighted by Gasteiger charge is 2.28. The number of rotatable bonds is 2. The number of hydrogen-bond acceptors (Lipinski definition) is 3. The maximum absolute atomic E-state index is 11.7. The van der Waals surface area contributed by atoms with Gasteiger partial charge in [0.2, 0.25) is 0 Å². The molecule has 0 spiro atoms. The maximum atomic E-state index is 11.7. The van der Waals surface area contributed by atoms with E-state index in [1.165, 1.54) is 11.3 Å². The molecule has 0 saturated carbocycles. The predicted octanol–water partition coefficient (Wildman–Crippen LogP) is 2.14. The van der Waals surface area contributed by atoms with Gasteiger partial charge in [-0.3, -0.25) is 4.79 Å². The number of alkyl halides is 1. The van der Waals surface area contributed by atoms with Gasteiger partial charge in [-0.15, -0.1) is 22.9 Å². The Morgan fingerprint density at radius 2 is 2.33 bits per heavy atom. The highest BCUT2D eigenvalue weighted by Crippen LogP contribution is 2.22. The Bertz CT molecular complexity index is 369. The molecule has 1 aromatic rings.